The number of aromatic nitrogens is 1. The lowest BCUT2D eigenvalue weighted by atomic mass is 10.1. The summed E-state index contributed by atoms with van der Waals surface area (Å²) in [5.74, 6) is 0.609. The van der Waals surface area contributed by atoms with Gasteiger partial charge in [0.1, 0.15) is 5.82 Å². The summed E-state index contributed by atoms with van der Waals surface area (Å²) in [5.41, 5.74) is 1.44. The molecule has 0 radical (unpaired) electrons. The van der Waals surface area contributed by atoms with Crippen molar-refractivity contribution in [3.63, 3.8) is 0 Å². The molecule has 0 spiro atoms. The van der Waals surface area contributed by atoms with E-state index in [-0.39, 0.29) is 5.91 Å². The van der Waals surface area contributed by atoms with Crippen LogP contribution in [0.25, 0.3) is 0 Å². The van der Waals surface area contributed by atoms with E-state index < -0.39 is 0 Å². The Morgan fingerprint density at radius 1 is 1.28 bits per heavy atom. The molecule has 0 bridgehead atoms. The van der Waals surface area contributed by atoms with Crippen molar-refractivity contribution >= 4 is 34.9 Å². The first-order valence-corrected chi connectivity index (χ1v) is 6.18. The van der Waals surface area contributed by atoms with Gasteiger partial charge in [-0.25, -0.2) is 4.98 Å². The first kappa shape index (κ1) is 12.9. The molecule has 1 aromatic carbocycles. The predicted octanol–water partition coefficient (Wildman–Crippen LogP) is 3.73. The van der Waals surface area contributed by atoms with Crippen LogP contribution < -0.4 is 5.32 Å². The number of carbonyl (C=O) groups is 1. The lowest BCUT2D eigenvalue weighted by Crippen LogP contribution is -2.12. The topological polar surface area (TPSA) is 42.0 Å². The SMILES string of the molecule is O=C(Nc1ccc(Cl)cn1)c1cccc(CCl)c1. The second-order valence-electron chi connectivity index (χ2n) is 3.65. The van der Waals surface area contributed by atoms with Crippen molar-refractivity contribution in [3.8, 4) is 0 Å². The van der Waals surface area contributed by atoms with Crippen LogP contribution in [0.1, 0.15) is 15.9 Å². The average Bonchev–Trinajstić information content (AvgIpc) is 2.41. The third kappa shape index (κ3) is 3.22. The van der Waals surface area contributed by atoms with Gasteiger partial charge in [-0.15, -0.1) is 11.6 Å². The van der Waals surface area contributed by atoms with Crippen LogP contribution in [-0.2, 0) is 5.88 Å². The monoisotopic (exact) mass is 280 g/mol. The molecule has 0 saturated carbocycles. The van der Waals surface area contributed by atoms with Crippen LogP contribution in [0, 0.1) is 0 Å². The number of hydrogen-bond acceptors (Lipinski definition) is 2. The van der Waals surface area contributed by atoms with Crippen molar-refractivity contribution < 1.29 is 4.79 Å². The van der Waals surface area contributed by atoms with Gasteiger partial charge in [0, 0.05) is 17.6 Å². The van der Waals surface area contributed by atoms with E-state index in [0.717, 1.165) is 5.56 Å². The van der Waals surface area contributed by atoms with E-state index in [1.54, 1.807) is 30.3 Å². The number of pyridine rings is 1. The quantitative estimate of drug-likeness (QED) is 0.871. The van der Waals surface area contributed by atoms with Crippen LogP contribution in [0.5, 0.6) is 0 Å². The van der Waals surface area contributed by atoms with E-state index in [0.29, 0.717) is 22.3 Å². The number of nitrogens with one attached hydrogen (secondary N) is 1. The van der Waals surface area contributed by atoms with Gasteiger partial charge in [-0.2, -0.15) is 0 Å². The molecule has 3 nitrogen and oxygen atoms in total. The van der Waals surface area contributed by atoms with E-state index in [2.05, 4.69) is 10.3 Å². The van der Waals surface area contributed by atoms with Crippen molar-refractivity contribution in [1.29, 1.82) is 0 Å². The maximum Gasteiger partial charge on any atom is 0.256 e. The predicted molar refractivity (Wildman–Crippen MR) is 73.2 cm³/mol. The maximum atomic E-state index is 11.9. The third-order valence-electron chi connectivity index (χ3n) is 2.31. The second kappa shape index (κ2) is 5.85. The molecule has 1 aromatic heterocycles. The first-order chi connectivity index (χ1) is 8.69. The van der Waals surface area contributed by atoms with E-state index in [1.807, 2.05) is 6.07 Å². The summed E-state index contributed by atoms with van der Waals surface area (Å²) in [5, 5.41) is 3.21. The molecule has 1 heterocycles. The van der Waals surface area contributed by atoms with Gasteiger partial charge in [-0.1, -0.05) is 23.7 Å². The molecule has 0 aliphatic heterocycles. The fourth-order valence-corrected chi connectivity index (χ4v) is 1.71. The maximum absolute atomic E-state index is 11.9. The molecular weight excluding hydrogens is 271 g/mol. The number of alkyl halides is 1. The molecule has 0 fully saturated rings. The van der Waals surface area contributed by atoms with Crippen LogP contribution in [0.4, 0.5) is 5.82 Å². The minimum absolute atomic E-state index is 0.225. The Morgan fingerprint density at radius 2 is 2.11 bits per heavy atom. The highest BCUT2D eigenvalue weighted by atomic mass is 35.5. The van der Waals surface area contributed by atoms with Crippen molar-refractivity contribution in [2.45, 2.75) is 5.88 Å². The molecule has 0 aliphatic rings. The van der Waals surface area contributed by atoms with Gasteiger partial charge in [0.2, 0.25) is 0 Å². The van der Waals surface area contributed by atoms with Crippen LogP contribution in [-0.4, -0.2) is 10.9 Å². The van der Waals surface area contributed by atoms with Gasteiger partial charge < -0.3 is 5.32 Å². The second-order valence-corrected chi connectivity index (χ2v) is 4.35. The normalized spacial score (nSPS) is 10.1. The van der Waals surface area contributed by atoms with Gasteiger partial charge >= 0.3 is 0 Å². The van der Waals surface area contributed by atoms with Crippen LogP contribution in [0.15, 0.2) is 42.6 Å². The smallest absolute Gasteiger partial charge is 0.256 e. The zero-order valence-corrected chi connectivity index (χ0v) is 10.9. The number of carbonyl (C=O) groups excluding carboxylic acids is 1. The Labute approximate surface area is 115 Å². The van der Waals surface area contributed by atoms with Gasteiger partial charge in [0.05, 0.1) is 5.02 Å². The van der Waals surface area contributed by atoms with E-state index in [9.17, 15) is 4.79 Å². The molecule has 2 rings (SSSR count). The number of rotatable bonds is 3. The minimum Gasteiger partial charge on any atom is -0.307 e. The molecule has 5 heteroatoms. The molecular formula is C13H10Cl2N2O. The first-order valence-electron chi connectivity index (χ1n) is 5.27. The van der Waals surface area contributed by atoms with Crippen molar-refractivity contribution in [3.05, 3.63) is 58.7 Å². The number of amides is 1. The Bertz CT molecular complexity index is 555. The molecule has 2 aromatic rings. The highest BCUT2D eigenvalue weighted by Crippen LogP contribution is 2.12. The zero-order valence-electron chi connectivity index (χ0n) is 9.36. The number of benzene rings is 1. The van der Waals surface area contributed by atoms with Gasteiger partial charge in [-0.05, 0) is 29.8 Å². The van der Waals surface area contributed by atoms with Gasteiger partial charge in [-0.3, -0.25) is 4.79 Å². The molecule has 92 valence electrons. The molecule has 0 unspecified atom stereocenters. The number of nitrogens with zero attached hydrogens (tertiary/aromatic N) is 1. The van der Waals surface area contributed by atoms with Crippen LogP contribution in [0.2, 0.25) is 5.02 Å². The Morgan fingerprint density at radius 3 is 2.78 bits per heavy atom. The van der Waals surface area contributed by atoms with E-state index in [4.69, 9.17) is 23.2 Å². The van der Waals surface area contributed by atoms with Gasteiger partial charge in [0.25, 0.3) is 5.91 Å². The standard InChI is InChI=1S/C13H10Cl2N2O/c14-7-9-2-1-3-10(6-9)13(18)17-12-5-4-11(15)8-16-12/h1-6,8H,7H2,(H,16,17,18). The van der Waals surface area contributed by atoms with Gasteiger partial charge in [0.15, 0.2) is 0 Å². The Balaban J connectivity index is 2.14. The summed E-state index contributed by atoms with van der Waals surface area (Å²) in [7, 11) is 0. The summed E-state index contributed by atoms with van der Waals surface area (Å²) in [4.78, 5) is 15.9. The molecule has 0 saturated heterocycles. The largest absolute Gasteiger partial charge is 0.307 e. The Hall–Kier alpha value is -1.58. The summed E-state index contributed by atoms with van der Waals surface area (Å²) in [6.07, 6.45) is 1.48. The highest BCUT2D eigenvalue weighted by molar-refractivity contribution is 6.30. The zero-order chi connectivity index (χ0) is 13.0. The molecule has 1 amide bonds. The number of hydrogen-bond donors (Lipinski definition) is 1. The lowest BCUT2D eigenvalue weighted by Gasteiger charge is -2.05. The van der Waals surface area contributed by atoms with E-state index >= 15 is 0 Å². The van der Waals surface area contributed by atoms with Crippen LogP contribution >= 0.6 is 23.2 Å². The van der Waals surface area contributed by atoms with Crippen molar-refractivity contribution in [2.24, 2.45) is 0 Å². The number of halogens is 2. The molecule has 1 N–H and O–H groups in total. The third-order valence-corrected chi connectivity index (χ3v) is 2.84. The van der Waals surface area contributed by atoms with Crippen LogP contribution in [0.3, 0.4) is 0 Å². The summed E-state index contributed by atoms with van der Waals surface area (Å²) in [6.45, 7) is 0. The number of anilines is 1. The van der Waals surface area contributed by atoms with Crippen molar-refractivity contribution in [2.75, 3.05) is 5.32 Å². The summed E-state index contributed by atoms with van der Waals surface area (Å²) < 4.78 is 0. The summed E-state index contributed by atoms with van der Waals surface area (Å²) >= 11 is 11.4. The highest BCUT2D eigenvalue weighted by Gasteiger charge is 2.07. The summed E-state index contributed by atoms with van der Waals surface area (Å²) in [6, 6.07) is 10.4. The average molecular weight is 281 g/mol. The van der Waals surface area contributed by atoms with E-state index in [1.165, 1.54) is 6.20 Å². The molecule has 0 atom stereocenters. The molecule has 0 aliphatic carbocycles. The fourth-order valence-electron chi connectivity index (χ4n) is 1.43. The molecule has 18 heavy (non-hydrogen) atoms. The minimum atomic E-state index is -0.225. The Kier molecular flexibility index (Phi) is 4.18. The lowest BCUT2D eigenvalue weighted by molar-refractivity contribution is 0.102. The van der Waals surface area contributed by atoms with Crippen molar-refractivity contribution in [1.82, 2.24) is 4.98 Å². The fraction of sp³-hybridized carbons (Fsp3) is 0.0769.